The van der Waals surface area contributed by atoms with Crippen LogP contribution >= 0.6 is 24.6 Å². The number of thiol groups is 1. The van der Waals surface area contributed by atoms with E-state index in [9.17, 15) is 0 Å². The van der Waals surface area contributed by atoms with Crippen LogP contribution in [-0.4, -0.2) is 7.11 Å². The zero-order valence-corrected chi connectivity index (χ0v) is 16.2. The number of hydrogen-bond acceptors (Lipinski definition) is 4. The Morgan fingerprint density at radius 2 is 2.17 bits per heavy atom. The number of nitrogens with one attached hydrogen (secondary N) is 1. The molecule has 0 saturated carbocycles. The Hall–Kier alpha value is -0.580. The second kappa shape index (κ2) is 6.73. The van der Waals surface area contributed by atoms with E-state index >= 15 is 0 Å². The minimum Gasteiger partial charge on any atom is -0.497 e. The first-order chi connectivity index (χ1) is 10.9. The van der Waals surface area contributed by atoms with E-state index in [-0.39, 0.29) is 0 Å². The molecule has 0 aromatic heterocycles. The summed E-state index contributed by atoms with van der Waals surface area (Å²) in [4.78, 5) is 1.66. The van der Waals surface area contributed by atoms with Gasteiger partial charge in [0.25, 0.3) is 0 Å². The Balaban J connectivity index is 1.89. The van der Waals surface area contributed by atoms with Crippen molar-refractivity contribution in [3.05, 3.63) is 39.8 Å². The molecular formula is C19H27NOS2. The van der Waals surface area contributed by atoms with E-state index < -0.39 is 0 Å². The van der Waals surface area contributed by atoms with Gasteiger partial charge in [0.2, 0.25) is 0 Å². The van der Waals surface area contributed by atoms with Gasteiger partial charge in [0.1, 0.15) is 5.75 Å². The van der Waals surface area contributed by atoms with Gasteiger partial charge in [-0.15, -0.1) is 11.8 Å². The van der Waals surface area contributed by atoms with Gasteiger partial charge >= 0.3 is 0 Å². The topological polar surface area (TPSA) is 21.3 Å². The molecule has 1 aliphatic carbocycles. The maximum absolute atomic E-state index is 5.40. The Labute approximate surface area is 150 Å². The molecule has 0 fully saturated rings. The molecule has 3 rings (SSSR count). The van der Waals surface area contributed by atoms with Crippen LogP contribution in [0.3, 0.4) is 0 Å². The largest absolute Gasteiger partial charge is 0.497 e. The molecule has 0 radical (unpaired) electrons. The molecule has 1 aromatic rings. The monoisotopic (exact) mass is 349 g/mol. The maximum atomic E-state index is 5.40. The van der Waals surface area contributed by atoms with E-state index in [0.717, 1.165) is 12.3 Å². The predicted molar refractivity (Wildman–Crippen MR) is 103 cm³/mol. The molecule has 1 aromatic carbocycles. The zero-order chi connectivity index (χ0) is 16.6. The molecule has 1 aliphatic heterocycles. The predicted octanol–water partition coefficient (Wildman–Crippen LogP) is 5.52. The smallest absolute Gasteiger partial charge is 0.119 e. The van der Waals surface area contributed by atoms with E-state index in [1.807, 2.05) is 0 Å². The van der Waals surface area contributed by atoms with Crippen molar-refractivity contribution in [1.29, 1.82) is 0 Å². The molecule has 0 saturated heterocycles. The van der Waals surface area contributed by atoms with Crippen LogP contribution in [0.5, 0.6) is 5.75 Å². The van der Waals surface area contributed by atoms with Crippen molar-refractivity contribution in [1.82, 2.24) is 4.72 Å². The van der Waals surface area contributed by atoms with Crippen molar-refractivity contribution in [3.63, 3.8) is 0 Å². The number of ether oxygens (including phenoxy) is 1. The van der Waals surface area contributed by atoms with E-state index in [1.165, 1.54) is 30.4 Å². The molecule has 4 heteroatoms. The highest BCUT2D eigenvalue weighted by atomic mass is 32.2. The number of thioether (sulfide) groups is 1. The molecule has 0 spiro atoms. The lowest BCUT2D eigenvalue weighted by Crippen LogP contribution is -2.19. The average molecular weight is 350 g/mol. The minimum absolute atomic E-state index is 0.456. The van der Waals surface area contributed by atoms with E-state index in [2.05, 4.69) is 68.3 Å². The summed E-state index contributed by atoms with van der Waals surface area (Å²) in [5.41, 5.74) is 4.88. The van der Waals surface area contributed by atoms with Gasteiger partial charge in [-0.1, -0.05) is 45.2 Å². The summed E-state index contributed by atoms with van der Waals surface area (Å²) in [6, 6.07) is 6.48. The van der Waals surface area contributed by atoms with Crippen LogP contribution in [0, 0.1) is 11.3 Å². The number of hydrogen-bond donors (Lipinski definition) is 2. The number of rotatable bonds is 4. The number of methoxy groups -OCH3 is 1. The molecule has 2 nitrogen and oxygen atoms in total. The fourth-order valence-electron chi connectivity index (χ4n) is 3.86. The van der Waals surface area contributed by atoms with Gasteiger partial charge < -0.3 is 4.74 Å². The fraction of sp³-hybridized carbons (Fsp3) is 0.579. The maximum Gasteiger partial charge on any atom is 0.119 e. The molecule has 23 heavy (non-hydrogen) atoms. The van der Waals surface area contributed by atoms with Crippen LogP contribution in [-0.2, 0) is 6.54 Å². The SMILES string of the molecule is COc1ccc(C2SC3=C(CC(C)(C)CC3)C2C)c(CNS)c1. The molecule has 1 heterocycles. The molecule has 1 N–H and O–H groups in total. The normalized spacial score (nSPS) is 26.3. The van der Waals surface area contributed by atoms with Crippen LogP contribution in [0.2, 0.25) is 0 Å². The Morgan fingerprint density at radius 1 is 1.39 bits per heavy atom. The van der Waals surface area contributed by atoms with Gasteiger partial charge in [-0.3, -0.25) is 4.72 Å². The van der Waals surface area contributed by atoms with Crippen molar-refractivity contribution >= 4 is 24.6 Å². The van der Waals surface area contributed by atoms with Crippen molar-refractivity contribution in [2.75, 3.05) is 7.11 Å². The van der Waals surface area contributed by atoms with Gasteiger partial charge in [-0.2, -0.15) is 0 Å². The molecule has 126 valence electrons. The van der Waals surface area contributed by atoms with Crippen molar-refractivity contribution in [3.8, 4) is 5.75 Å². The zero-order valence-electron chi connectivity index (χ0n) is 14.5. The molecule has 2 aliphatic rings. The van der Waals surface area contributed by atoms with Crippen LogP contribution in [0.4, 0.5) is 0 Å². The molecule has 2 unspecified atom stereocenters. The Morgan fingerprint density at radius 3 is 2.87 bits per heavy atom. The minimum atomic E-state index is 0.456. The highest BCUT2D eigenvalue weighted by Gasteiger charge is 2.39. The van der Waals surface area contributed by atoms with Crippen LogP contribution < -0.4 is 9.46 Å². The first kappa shape index (κ1) is 17.2. The average Bonchev–Trinajstić information content (AvgIpc) is 2.83. The van der Waals surface area contributed by atoms with Gasteiger partial charge in [0.05, 0.1) is 7.11 Å². The third kappa shape index (κ3) is 3.45. The van der Waals surface area contributed by atoms with Gasteiger partial charge in [-0.25, -0.2) is 0 Å². The van der Waals surface area contributed by atoms with Gasteiger partial charge in [0.15, 0.2) is 0 Å². The van der Waals surface area contributed by atoms with Crippen molar-refractivity contribution in [2.45, 2.75) is 51.8 Å². The number of allylic oxidation sites excluding steroid dienone is 2. The van der Waals surface area contributed by atoms with Crippen LogP contribution in [0.1, 0.15) is 56.4 Å². The van der Waals surface area contributed by atoms with E-state index in [4.69, 9.17) is 4.74 Å². The summed E-state index contributed by atoms with van der Waals surface area (Å²) < 4.78 is 8.40. The summed E-state index contributed by atoms with van der Waals surface area (Å²) in [7, 11) is 1.72. The lowest BCUT2D eigenvalue weighted by atomic mass is 9.73. The van der Waals surface area contributed by atoms with E-state index in [0.29, 0.717) is 16.6 Å². The highest BCUT2D eigenvalue weighted by Crippen LogP contribution is 2.59. The Kier molecular flexibility index (Phi) is 5.05. The van der Waals surface area contributed by atoms with Crippen LogP contribution in [0.15, 0.2) is 28.7 Å². The summed E-state index contributed by atoms with van der Waals surface area (Å²) in [5, 5.41) is 0.525. The second-order valence-corrected chi connectivity index (χ2v) is 9.07. The summed E-state index contributed by atoms with van der Waals surface area (Å²) in [6.45, 7) is 7.98. The van der Waals surface area contributed by atoms with Crippen LogP contribution in [0.25, 0.3) is 0 Å². The first-order valence-corrected chi connectivity index (χ1v) is 9.70. The lowest BCUT2D eigenvalue weighted by molar-refractivity contribution is 0.307. The summed E-state index contributed by atoms with van der Waals surface area (Å²) in [5.74, 6) is 1.53. The quantitative estimate of drug-likeness (QED) is 0.699. The second-order valence-electron chi connectivity index (χ2n) is 7.52. The molecule has 0 bridgehead atoms. The lowest BCUT2D eigenvalue weighted by Gasteiger charge is -2.32. The third-order valence-electron chi connectivity index (χ3n) is 5.26. The third-order valence-corrected chi connectivity index (χ3v) is 7.08. The highest BCUT2D eigenvalue weighted by molar-refractivity contribution is 8.03. The molecular weight excluding hydrogens is 322 g/mol. The molecule has 0 amide bonds. The van der Waals surface area contributed by atoms with Gasteiger partial charge in [0, 0.05) is 11.8 Å². The molecule has 2 atom stereocenters. The van der Waals surface area contributed by atoms with Crippen molar-refractivity contribution in [2.24, 2.45) is 11.3 Å². The van der Waals surface area contributed by atoms with Gasteiger partial charge in [-0.05, 0) is 58.8 Å². The summed E-state index contributed by atoms with van der Waals surface area (Å²) >= 11 is 6.30. The number of benzene rings is 1. The fourth-order valence-corrected chi connectivity index (χ4v) is 5.69. The van der Waals surface area contributed by atoms with Crippen molar-refractivity contribution < 1.29 is 4.74 Å². The summed E-state index contributed by atoms with van der Waals surface area (Å²) in [6.07, 6.45) is 3.82. The first-order valence-electron chi connectivity index (χ1n) is 8.37. The Bertz CT molecular complexity index is 624. The van der Waals surface area contributed by atoms with E-state index in [1.54, 1.807) is 17.6 Å². The standard InChI is InChI=1S/C19H27NOS2/c1-12-16-10-19(2,3)8-7-17(16)23-18(12)15-6-5-14(21-4)9-13(15)11-20-22/h5-6,9,12,18,20,22H,7-8,10-11H2,1-4H3.